The number of methoxy groups -OCH3 is 1. The van der Waals surface area contributed by atoms with Gasteiger partial charge in [0.1, 0.15) is 17.7 Å². The fraction of sp³-hybridized carbons (Fsp3) is 0.259. The van der Waals surface area contributed by atoms with E-state index in [0.717, 1.165) is 39.1 Å². The highest BCUT2D eigenvalue weighted by Gasteiger charge is 2.35. The lowest BCUT2D eigenvalue weighted by Crippen LogP contribution is -2.32. The van der Waals surface area contributed by atoms with E-state index in [4.69, 9.17) is 9.47 Å². The van der Waals surface area contributed by atoms with Crippen LogP contribution in [0.25, 0.3) is 16.7 Å². The molecule has 0 spiro atoms. The maximum Gasteiger partial charge on any atom is 0.172 e. The second-order valence-corrected chi connectivity index (χ2v) is 9.06. The van der Waals surface area contributed by atoms with Gasteiger partial charge in [0.25, 0.3) is 0 Å². The molecule has 0 bridgehead atoms. The minimum absolute atomic E-state index is 0.0635. The molecule has 3 aromatic rings. The lowest BCUT2D eigenvalue weighted by molar-refractivity contribution is 0.201. The van der Waals surface area contributed by atoms with Crippen molar-refractivity contribution in [2.24, 2.45) is 0 Å². The maximum absolute atomic E-state index is 13.9. The number of allylic oxidation sites excluding steroid dienone is 1. The van der Waals surface area contributed by atoms with Gasteiger partial charge in [0.15, 0.2) is 11.5 Å². The van der Waals surface area contributed by atoms with Gasteiger partial charge < -0.3 is 19.9 Å². The first kappa shape index (κ1) is 20.4. The van der Waals surface area contributed by atoms with E-state index in [2.05, 4.69) is 44.3 Å². The summed E-state index contributed by atoms with van der Waals surface area (Å²) in [5.41, 5.74) is 6.65. The zero-order valence-corrected chi connectivity index (χ0v) is 18.6. The smallest absolute Gasteiger partial charge is 0.172 e. The highest BCUT2D eigenvalue weighted by molar-refractivity contribution is 5.92. The molecule has 0 amide bonds. The number of aromatic hydroxyl groups is 1. The molecule has 1 unspecified atom stereocenters. The van der Waals surface area contributed by atoms with Crippen molar-refractivity contribution >= 4 is 11.3 Å². The Kier molecular flexibility index (Phi) is 4.66. The number of nitrogens with one attached hydrogen (secondary N) is 1. The van der Waals surface area contributed by atoms with Crippen LogP contribution in [0.3, 0.4) is 0 Å². The van der Waals surface area contributed by atoms with Crippen LogP contribution in [0.15, 0.2) is 54.6 Å². The van der Waals surface area contributed by atoms with E-state index in [1.165, 1.54) is 6.07 Å². The Bertz CT molecular complexity index is 1260. The third-order valence-electron chi connectivity index (χ3n) is 6.15. The van der Waals surface area contributed by atoms with E-state index in [1.807, 2.05) is 6.07 Å². The average Bonchev–Trinajstić information content (AvgIpc) is 2.72. The van der Waals surface area contributed by atoms with Crippen LogP contribution in [0.4, 0.5) is 10.1 Å². The molecular formula is C27H26FNO3. The Labute approximate surface area is 187 Å². The topological polar surface area (TPSA) is 50.7 Å². The van der Waals surface area contributed by atoms with Crippen LogP contribution in [0.5, 0.6) is 17.2 Å². The zero-order valence-electron chi connectivity index (χ0n) is 18.6. The number of anilines is 1. The molecule has 0 radical (unpaired) electrons. The van der Waals surface area contributed by atoms with Crippen LogP contribution < -0.4 is 14.8 Å². The summed E-state index contributed by atoms with van der Waals surface area (Å²) in [6, 6.07) is 14.1. The number of phenolic OH excluding ortho intramolecular Hbond substituents is 1. The van der Waals surface area contributed by atoms with Crippen molar-refractivity contribution in [3.8, 4) is 28.4 Å². The molecule has 2 aliphatic heterocycles. The van der Waals surface area contributed by atoms with Gasteiger partial charge in [0.2, 0.25) is 0 Å². The fourth-order valence-electron chi connectivity index (χ4n) is 5.04. The number of halogens is 1. The third-order valence-corrected chi connectivity index (χ3v) is 6.15. The summed E-state index contributed by atoms with van der Waals surface area (Å²) in [7, 11) is 1.54. The van der Waals surface area contributed by atoms with Crippen molar-refractivity contribution in [2.45, 2.75) is 38.8 Å². The van der Waals surface area contributed by atoms with E-state index in [-0.39, 0.29) is 23.2 Å². The summed E-state index contributed by atoms with van der Waals surface area (Å²) >= 11 is 0. The molecule has 4 nitrogen and oxygen atoms in total. The molecule has 5 heteroatoms. The Morgan fingerprint density at radius 3 is 2.69 bits per heavy atom. The summed E-state index contributed by atoms with van der Waals surface area (Å²) < 4.78 is 26.0. The summed E-state index contributed by atoms with van der Waals surface area (Å²) in [6.45, 7) is 6.38. The first-order valence-electron chi connectivity index (χ1n) is 10.7. The number of ether oxygens (including phenoxy) is 2. The number of phenols is 1. The van der Waals surface area contributed by atoms with Crippen molar-refractivity contribution in [3.05, 3.63) is 77.1 Å². The number of fused-ring (bicyclic) bond motifs is 5. The van der Waals surface area contributed by atoms with Gasteiger partial charge in [-0.2, -0.15) is 0 Å². The minimum Gasteiger partial charge on any atom is -0.504 e. The van der Waals surface area contributed by atoms with Gasteiger partial charge in [-0.25, -0.2) is 4.39 Å². The van der Waals surface area contributed by atoms with Gasteiger partial charge in [0.05, 0.1) is 18.2 Å². The molecule has 3 aromatic carbocycles. The predicted octanol–water partition coefficient (Wildman–Crippen LogP) is 6.49. The average molecular weight is 432 g/mol. The molecule has 2 heterocycles. The molecule has 1 atom stereocenters. The minimum atomic E-state index is -0.324. The largest absolute Gasteiger partial charge is 0.504 e. The summed E-state index contributed by atoms with van der Waals surface area (Å²) in [4.78, 5) is 0. The van der Waals surface area contributed by atoms with Crippen LogP contribution in [0, 0.1) is 5.82 Å². The molecule has 5 rings (SSSR count). The summed E-state index contributed by atoms with van der Waals surface area (Å²) in [5.74, 6) is 0.826. The van der Waals surface area contributed by atoms with E-state index >= 15 is 0 Å². The maximum atomic E-state index is 13.9. The van der Waals surface area contributed by atoms with Crippen molar-refractivity contribution in [1.82, 2.24) is 0 Å². The summed E-state index contributed by atoms with van der Waals surface area (Å²) in [6.07, 6.45) is 2.40. The van der Waals surface area contributed by atoms with Crippen molar-refractivity contribution in [3.63, 3.8) is 0 Å². The van der Waals surface area contributed by atoms with Gasteiger partial charge in [-0.3, -0.25) is 0 Å². The van der Waals surface area contributed by atoms with Crippen LogP contribution in [0.1, 0.15) is 43.6 Å². The molecule has 0 aromatic heterocycles. The molecule has 32 heavy (non-hydrogen) atoms. The highest BCUT2D eigenvalue weighted by Crippen LogP contribution is 2.54. The Balaban J connectivity index is 1.76. The highest BCUT2D eigenvalue weighted by atomic mass is 19.1. The van der Waals surface area contributed by atoms with Gasteiger partial charge in [-0.1, -0.05) is 24.3 Å². The molecule has 0 saturated carbocycles. The Morgan fingerprint density at radius 2 is 1.94 bits per heavy atom. The van der Waals surface area contributed by atoms with Crippen LogP contribution in [0.2, 0.25) is 0 Å². The van der Waals surface area contributed by atoms with Gasteiger partial charge in [-0.05, 0) is 67.8 Å². The predicted molar refractivity (Wildman–Crippen MR) is 125 cm³/mol. The van der Waals surface area contributed by atoms with Crippen LogP contribution >= 0.6 is 0 Å². The molecule has 164 valence electrons. The van der Waals surface area contributed by atoms with Crippen molar-refractivity contribution in [2.75, 3.05) is 12.4 Å². The lowest BCUT2D eigenvalue weighted by Gasteiger charge is -2.37. The fourth-order valence-corrected chi connectivity index (χ4v) is 5.04. The van der Waals surface area contributed by atoms with Gasteiger partial charge >= 0.3 is 0 Å². The van der Waals surface area contributed by atoms with E-state index < -0.39 is 0 Å². The van der Waals surface area contributed by atoms with Crippen molar-refractivity contribution in [1.29, 1.82) is 0 Å². The van der Waals surface area contributed by atoms with E-state index in [1.54, 1.807) is 31.4 Å². The molecule has 0 saturated heterocycles. The number of hydrogen-bond donors (Lipinski definition) is 2. The first-order chi connectivity index (χ1) is 15.3. The molecule has 0 fully saturated rings. The quantitative estimate of drug-likeness (QED) is 0.498. The van der Waals surface area contributed by atoms with Gasteiger partial charge in [-0.15, -0.1) is 0 Å². The van der Waals surface area contributed by atoms with Crippen LogP contribution in [-0.2, 0) is 6.42 Å². The zero-order chi connectivity index (χ0) is 22.6. The van der Waals surface area contributed by atoms with Crippen molar-refractivity contribution < 1.29 is 19.0 Å². The molecule has 2 aliphatic rings. The lowest BCUT2D eigenvalue weighted by atomic mass is 9.80. The molecular weight excluding hydrogens is 405 g/mol. The Morgan fingerprint density at radius 1 is 1.12 bits per heavy atom. The standard InChI is InChI=1S/C27H26FNO3/c1-15-14-27(2,3)29-19-9-8-18-24(23(15)19)22(13-16-6-5-7-17(28)12-16)32-21-11-10-20(30)26(31-4)25(18)21/h5-12,14,22,29-30H,13H2,1-4H3. The monoisotopic (exact) mass is 431 g/mol. The SMILES string of the molecule is COc1c(O)ccc2c1-c1ccc3c(c1C(Cc1cccc(F)c1)O2)C(C)=CC(C)(C)N3. The normalized spacial score (nSPS) is 17.8. The second kappa shape index (κ2) is 7.30. The third kappa shape index (κ3) is 3.29. The summed E-state index contributed by atoms with van der Waals surface area (Å²) in [5, 5.41) is 14.0. The van der Waals surface area contributed by atoms with Crippen LogP contribution in [-0.4, -0.2) is 17.8 Å². The first-order valence-corrected chi connectivity index (χ1v) is 10.7. The second-order valence-electron chi connectivity index (χ2n) is 9.06. The Hall–Kier alpha value is -3.47. The number of benzene rings is 3. The van der Waals surface area contributed by atoms with E-state index in [9.17, 15) is 9.50 Å². The number of hydrogen-bond acceptors (Lipinski definition) is 4. The molecule has 2 N–H and O–H groups in total. The van der Waals surface area contributed by atoms with Gasteiger partial charge in [0, 0.05) is 23.2 Å². The number of rotatable bonds is 3. The molecule has 0 aliphatic carbocycles. The van der Waals surface area contributed by atoms with E-state index in [0.29, 0.717) is 17.9 Å².